The molecule has 3 nitrogen and oxygen atoms in total. The van der Waals surface area contributed by atoms with Gasteiger partial charge >= 0.3 is 0 Å². The van der Waals surface area contributed by atoms with Crippen LogP contribution < -0.4 is 5.32 Å². The van der Waals surface area contributed by atoms with Gasteiger partial charge in [0, 0.05) is 13.2 Å². The van der Waals surface area contributed by atoms with E-state index < -0.39 is 0 Å². The van der Waals surface area contributed by atoms with E-state index in [0.717, 1.165) is 26.0 Å². The summed E-state index contributed by atoms with van der Waals surface area (Å²) in [6.07, 6.45) is 4.25. The maximum absolute atomic E-state index is 5.82. The Morgan fingerprint density at radius 1 is 1.36 bits per heavy atom. The van der Waals surface area contributed by atoms with Crippen molar-refractivity contribution in [2.45, 2.75) is 51.4 Å². The van der Waals surface area contributed by atoms with Gasteiger partial charge in [0.1, 0.15) is 0 Å². The van der Waals surface area contributed by atoms with E-state index in [1.807, 2.05) is 0 Å². The van der Waals surface area contributed by atoms with Crippen LogP contribution in [-0.4, -0.2) is 38.5 Å². The molecule has 0 aromatic rings. The van der Waals surface area contributed by atoms with Gasteiger partial charge in [-0.05, 0) is 25.8 Å². The summed E-state index contributed by atoms with van der Waals surface area (Å²) in [6.45, 7) is 6.14. The van der Waals surface area contributed by atoms with E-state index in [-0.39, 0.29) is 0 Å². The molecule has 1 saturated heterocycles. The SMILES string of the molecule is COCC1CCC(CCNC(C)C)O1. The van der Waals surface area contributed by atoms with Crippen LogP contribution in [0.4, 0.5) is 0 Å². The van der Waals surface area contributed by atoms with Crippen LogP contribution >= 0.6 is 0 Å². The summed E-state index contributed by atoms with van der Waals surface area (Å²) in [4.78, 5) is 0. The highest BCUT2D eigenvalue weighted by Crippen LogP contribution is 2.21. The molecule has 0 radical (unpaired) electrons. The Bertz CT molecular complexity index is 150. The molecule has 3 heteroatoms. The van der Waals surface area contributed by atoms with E-state index >= 15 is 0 Å². The van der Waals surface area contributed by atoms with Crippen LogP contribution in [0.2, 0.25) is 0 Å². The number of ether oxygens (including phenoxy) is 2. The lowest BCUT2D eigenvalue weighted by Crippen LogP contribution is -2.27. The van der Waals surface area contributed by atoms with Gasteiger partial charge in [0.25, 0.3) is 0 Å². The van der Waals surface area contributed by atoms with Gasteiger partial charge < -0.3 is 14.8 Å². The Hall–Kier alpha value is -0.120. The topological polar surface area (TPSA) is 30.5 Å². The molecule has 0 spiro atoms. The third kappa shape index (κ3) is 4.40. The molecule has 0 aromatic carbocycles. The second kappa shape index (κ2) is 6.38. The van der Waals surface area contributed by atoms with Crippen LogP contribution in [0.25, 0.3) is 0 Å². The Labute approximate surface area is 87.2 Å². The quantitative estimate of drug-likeness (QED) is 0.707. The Kier molecular flexibility index (Phi) is 5.45. The lowest BCUT2D eigenvalue weighted by atomic mass is 10.1. The van der Waals surface area contributed by atoms with E-state index in [1.54, 1.807) is 7.11 Å². The minimum atomic E-state index is 0.337. The van der Waals surface area contributed by atoms with Gasteiger partial charge in [-0.2, -0.15) is 0 Å². The van der Waals surface area contributed by atoms with Crippen LogP contribution in [0.5, 0.6) is 0 Å². The van der Waals surface area contributed by atoms with Crippen molar-refractivity contribution in [3.8, 4) is 0 Å². The van der Waals surface area contributed by atoms with Crippen molar-refractivity contribution in [1.82, 2.24) is 5.32 Å². The van der Waals surface area contributed by atoms with E-state index in [2.05, 4.69) is 19.2 Å². The molecule has 0 saturated carbocycles. The molecule has 1 aliphatic heterocycles. The van der Waals surface area contributed by atoms with Crippen LogP contribution in [0.3, 0.4) is 0 Å². The second-order valence-corrected chi connectivity index (χ2v) is 4.31. The summed E-state index contributed by atoms with van der Waals surface area (Å²) >= 11 is 0. The number of nitrogens with one attached hydrogen (secondary N) is 1. The molecule has 0 aliphatic carbocycles. The maximum atomic E-state index is 5.82. The van der Waals surface area contributed by atoms with Gasteiger partial charge in [0.2, 0.25) is 0 Å². The van der Waals surface area contributed by atoms with Crippen LogP contribution in [0.1, 0.15) is 33.1 Å². The highest BCUT2D eigenvalue weighted by Gasteiger charge is 2.24. The average molecular weight is 201 g/mol. The van der Waals surface area contributed by atoms with Crippen molar-refractivity contribution >= 4 is 0 Å². The maximum Gasteiger partial charge on any atom is 0.0813 e. The molecule has 1 aliphatic rings. The summed E-state index contributed by atoms with van der Waals surface area (Å²) in [5.41, 5.74) is 0. The first kappa shape index (κ1) is 12.0. The lowest BCUT2D eigenvalue weighted by molar-refractivity contribution is -0.00396. The first-order valence-electron chi connectivity index (χ1n) is 5.60. The smallest absolute Gasteiger partial charge is 0.0813 e. The molecule has 1 N–H and O–H groups in total. The van der Waals surface area contributed by atoms with Crippen molar-refractivity contribution in [1.29, 1.82) is 0 Å². The largest absolute Gasteiger partial charge is 0.382 e. The van der Waals surface area contributed by atoms with E-state index in [4.69, 9.17) is 9.47 Å². The van der Waals surface area contributed by atoms with Crippen LogP contribution in [0.15, 0.2) is 0 Å². The van der Waals surface area contributed by atoms with Crippen molar-refractivity contribution in [3.63, 3.8) is 0 Å². The molecule has 84 valence electrons. The van der Waals surface area contributed by atoms with E-state index in [0.29, 0.717) is 18.2 Å². The molecule has 0 aromatic heterocycles. The molecule has 1 fully saturated rings. The molecular formula is C11H23NO2. The molecule has 0 amide bonds. The normalized spacial score (nSPS) is 27.4. The third-order valence-electron chi connectivity index (χ3n) is 2.57. The first-order chi connectivity index (χ1) is 6.72. The van der Waals surface area contributed by atoms with Crippen molar-refractivity contribution in [2.24, 2.45) is 0 Å². The molecule has 1 rings (SSSR count). The number of rotatable bonds is 6. The Balaban J connectivity index is 2.04. The Morgan fingerprint density at radius 2 is 2.07 bits per heavy atom. The standard InChI is InChI=1S/C11H23NO2/c1-9(2)12-7-6-10-4-5-11(14-10)8-13-3/h9-12H,4-8H2,1-3H3. The third-order valence-corrected chi connectivity index (χ3v) is 2.57. The van der Waals surface area contributed by atoms with Gasteiger partial charge in [-0.1, -0.05) is 13.8 Å². The monoisotopic (exact) mass is 201 g/mol. The molecule has 1 heterocycles. The number of methoxy groups -OCH3 is 1. The molecule has 14 heavy (non-hydrogen) atoms. The molecular weight excluding hydrogens is 178 g/mol. The summed E-state index contributed by atoms with van der Waals surface area (Å²) in [7, 11) is 1.73. The highest BCUT2D eigenvalue weighted by atomic mass is 16.5. The number of hydrogen-bond acceptors (Lipinski definition) is 3. The molecule has 0 bridgehead atoms. The minimum absolute atomic E-state index is 0.337. The van der Waals surface area contributed by atoms with E-state index in [1.165, 1.54) is 6.42 Å². The zero-order valence-electron chi connectivity index (χ0n) is 9.58. The lowest BCUT2D eigenvalue weighted by Gasteiger charge is -2.14. The van der Waals surface area contributed by atoms with Gasteiger partial charge in [0.05, 0.1) is 18.8 Å². The van der Waals surface area contributed by atoms with Crippen LogP contribution in [-0.2, 0) is 9.47 Å². The van der Waals surface area contributed by atoms with Crippen molar-refractivity contribution in [3.05, 3.63) is 0 Å². The first-order valence-corrected chi connectivity index (χ1v) is 5.60. The van der Waals surface area contributed by atoms with Gasteiger partial charge in [-0.3, -0.25) is 0 Å². The van der Waals surface area contributed by atoms with Crippen molar-refractivity contribution in [2.75, 3.05) is 20.3 Å². The molecule has 2 unspecified atom stereocenters. The zero-order valence-corrected chi connectivity index (χ0v) is 9.58. The predicted molar refractivity (Wildman–Crippen MR) is 57.5 cm³/mol. The summed E-state index contributed by atoms with van der Waals surface area (Å²) in [5, 5.41) is 3.41. The summed E-state index contributed by atoms with van der Waals surface area (Å²) in [6, 6.07) is 0.575. The zero-order chi connectivity index (χ0) is 10.4. The fourth-order valence-electron chi connectivity index (χ4n) is 1.83. The van der Waals surface area contributed by atoms with Crippen LogP contribution in [0, 0.1) is 0 Å². The molecule has 2 atom stereocenters. The number of hydrogen-bond donors (Lipinski definition) is 1. The van der Waals surface area contributed by atoms with Gasteiger partial charge in [-0.15, -0.1) is 0 Å². The predicted octanol–water partition coefficient (Wildman–Crippen LogP) is 1.57. The van der Waals surface area contributed by atoms with E-state index in [9.17, 15) is 0 Å². The Morgan fingerprint density at radius 3 is 2.71 bits per heavy atom. The highest BCUT2D eigenvalue weighted by molar-refractivity contribution is 4.74. The van der Waals surface area contributed by atoms with Gasteiger partial charge in [0.15, 0.2) is 0 Å². The fourth-order valence-corrected chi connectivity index (χ4v) is 1.83. The summed E-state index contributed by atoms with van der Waals surface area (Å²) in [5.74, 6) is 0. The van der Waals surface area contributed by atoms with Crippen molar-refractivity contribution < 1.29 is 9.47 Å². The minimum Gasteiger partial charge on any atom is -0.382 e. The second-order valence-electron chi connectivity index (χ2n) is 4.31. The fraction of sp³-hybridized carbons (Fsp3) is 1.00. The van der Waals surface area contributed by atoms with Gasteiger partial charge in [-0.25, -0.2) is 0 Å². The average Bonchev–Trinajstić information content (AvgIpc) is 2.53. The summed E-state index contributed by atoms with van der Waals surface area (Å²) < 4.78 is 10.9.